The Kier molecular flexibility index (Phi) is 13.8. The molecule has 0 aliphatic carbocycles. The van der Waals surface area contributed by atoms with Gasteiger partial charge in [0.05, 0.1) is 12.8 Å². The van der Waals surface area contributed by atoms with Crippen molar-refractivity contribution in [3.63, 3.8) is 0 Å². The Balaban J connectivity index is 0.00000576. The zero-order valence-electron chi connectivity index (χ0n) is 25.9. The minimum absolute atomic E-state index is 0. The fourth-order valence-corrected chi connectivity index (χ4v) is 4.61. The summed E-state index contributed by atoms with van der Waals surface area (Å²) in [6.45, 7) is 5.27. The van der Waals surface area contributed by atoms with Gasteiger partial charge in [-0.05, 0) is 55.0 Å². The molecule has 13 heteroatoms. The van der Waals surface area contributed by atoms with E-state index in [1.54, 1.807) is 6.20 Å². The van der Waals surface area contributed by atoms with Gasteiger partial charge in [-0.15, -0.1) is 17.5 Å². The number of nitrogens with two attached hydrogens (primary N) is 2. The van der Waals surface area contributed by atoms with Crippen LogP contribution in [0.5, 0.6) is 11.5 Å². The fourth-order valence-electron chi connectivity index (χ4n) is 4.61. The van der Waals surface area contributed by atoms with Gasteiger partial charge in [0, 0.05) is 30.3 Å². The third-order valence-corrected chi connectivity index (χ3v) is 6.89. The van der Waals surface area contributed by atoms with Crippen molar-refractivity contribution < 1.29 is 23.0 Å². The topological polar surface area (TPSA) is 143 Å². The van der Waals surface area contributed by atoms with Crippen LogP contribution in [-0.4, -0.2) is 40.0 Å². The molecule has 1 aromatic heterocycles. The summed E-state index contributed by atoms with van der Waals surface area (Å²) in [5, 5.41) is 11.1. The number of aromatic nitrogens is 3. The molecule has 1 heterocycles. The van der Waals surface area contributed by atoms with Crippen LogP contribution in [0.25, 0.3) is 11.1 Å². The van der Waals surface area contributed by atoms with E-state index in [1.807, 2.05) is 48.5 Å². The highest BCUT2D eigenvalue weighted by Crippen LogP contribution is 2.36. The lowest BCUT2D eigenvalue weighted by Gasteiger charge is -2.17. The van der Waals surface area contributed by atoms with Crippen molar-refractivity contribution in [2.24, 2.45) is 22.4 Å². The fraction of sp³-hybridized carbons (Fsp3) is 0.333. The molecule has 0 saturated carbocycles. The number of rotatable bonds is 16. The summed E-state index contributed by atoms with van der Waals surface area (Å²) in [6, 6.07) is 17.8. The van der Waals surface area contributed by atoms with E-state index in [2.05, 4.69) is 34.5 Å². The number of halogens is 3. The lowest BCUT2D eigenvalue weighted by molar-refractivity contribution is -0.125. The predicted molar refractivity (Wildman–Crippen MR) is 176 cm³/mol. The monoisotopic (exact) mass is 655 g/mol. The number of hydrogen-bond donors (Lipinski definition) is 3. The van der Waals surface area contributed by atoms with Crippen LogP contribution in [0.2, 0.25) is 0 Å². The predicted octanol–water partition coefficient (Wildman–Crippen LogP) is 5.56. The number of nitrogens with one attached hydrogen (secondary N) is 1. The third kappa shape index (κ3) is 10.7. The van der Waals surface area contributed by atoms with Crippen LogP contribution < -0.4 is 26.3 Å². The summed E-state index contributed by atoms with van der Waals surface area (Å²) in [5.41, 5.74) is 13.4. The molecule has 1 atom stereocenters. The van der Waals surface area contributed by atoms with Crippen molar-refractivity contribution in [3.05, 3.63) is 95.8 Å². The molecule has 4 rings (SSSR count). The van der Waals surface area contributed by atoms with Gasteiger partial charge < -0.3 is 26.3 Å². The van der Waals surface area contributed by atoms with E-state index >= 15 is 0 Å². The lowest BCUT2D eigenvalue weighted by atomic mass is 10.0. The normalized spacial score (nSPS) is 11.4. The second kappa shape index (κ2) is 17.7. The number of carbonyl (C=O) groups is 1. The maximum Gasteiger partial charge on any atom is 0.245 e. The van der Waals surface area contributed by atoms with Gasteiger partial charge >= 0.3 is 0 Å². The van der Waals surface area contributed by atoms with Gasteiger partial charge in [-0.1, -0.05) is 55.5 Å². The quantitative estimate of drug-likeness (QED) is 0.0815. The summed E-state index contributed by atoms with van der Waals surface area (Å²) < 4.78 is 41.0. The van der Waals surface area contributed by atoms with Gasteiger partial charge in [-0.2, -0.15) is 0 Å². The van der Waals surface area contributed by atoms with Gasteiger partial charge in [0.2, 0.25) is 5.91 Å². The van der Waals surface area contributed by atoms with Crippen molar-refractivity contribution in [1.29, 1.82) is 0 Å². The highest BCUT2D eigenvalue weighted by atomic mass is 35.5. The van der Waals surface area contributed by atoms with Gasteiger partial charge in [-0.25, -0.2) is 13.5 Å². The number of guanidine groups is 1. The summed E-state index contributed by atoms with van der Waals surface area (Å²) in [4.78, 5) is 17.2. The van der Waals surface area contributed by atoms with Crippen LogP contribution >= 0.6 is 12.4 Å². The molecule has 4 aromatic rings. The minimum atomic E-state index is -0.777. The van der Waals surface area contributed by atoms with Gasteiger partial charge in [-0.3, -0.25) is 9.79 Å². The maximum atomic E-state index is 13.6. The zero-order valence-corrected chi connectivity index (χ0v) is 26.7. The van der Waals surface area contributed by atoms with Crippen molar-refractivity contribution in [1.82, 2.24) is 20.3 Å². The first-order valence-electron chi connectivity index (χ1n) is 14.8. The molecule has 0 fully saturated rings. The molecule has 0 spiro atoms. The Hall–Kier alpha value is -4.71. The SMILES string of the molecule is CC(C)CCOc1ccccc1-c1ccccc1OCc1cn([C@H](CCCN=C(N)N)C(=O)NCc2cc(F)cc(F)c2)nn1.Cl. The highest BCUT2D eigenvalue weighted by Gasteiger charge is 2.22. The molecule has 0 aliphatic rings. The Bertz CT molecular complexity index is 1570. The van der Waals surface area contributed by atoms with Gasteiger partial charge in [0.25, 0.3) is 0 Å². The number of para-hydroxylation sites is 2. The molecule has 46 heavy (non-hydrogen) atoms. The van der Waals surface area contributed by atoms with Crippen LogP contribution in [0.15, 0.2) is 77.9 Å². The average molecular weight is 656 g/mol. The van der Waals surface area contributed by atoms with E-state index in [0.29, 0.717) is 48.9 Å². The minimum Gasteiger partial charge on any atom is -0.493 e. The molecule has 0 radical (unpaired) electrons. The lowest BCUT2D eigenvalue weighted by Crippen LogP contribution is -2.33. The summed E-state index contributed by atoms with van der Waals surface area (Å²) >= 11 is 0. The number of carbonyl (C=O) groups excluding carboxylic acids is 1. The summed E-state index contributed by atoms with van der Waals surface area (Å²) in [7, 11) is 0. The number of amides is 1. The van der Waals surface area contributed by atoms with Gasteiger partial charge in [0.1, 0.15) is 41.5 Å². The van der Waals surface area contributed by atoms with Crippen LogP contribution in [0.4, 0.5) is 8.78 Å². The first-order valence-corrected chi connectivity index (χ1v) is 14.8. The molecule has 0 saturated heterocycles. The molecular formula is C33H40ClF2N7O3. The van der Waals surface area contributed by atoms with Crippen LogP contribution in [0.1, 0.15) is 50.4 Å². The average Bonchev–Trinajstić information content (AvgIpc) is 3.47. The largest absolute Gasteiger partial charge is 0.493 e. The van der Waals surface area contributed by atoms with Crippen molar-refractivity contribution in [2.45, 2.75) is 52.3 Å². The molecular weight excluding hydrogens is 616 g/mol. The molecule has 0 aliphatic heterocycles. The first kappa shape index (κ1) is 35.8. The standard InChI is InChI=1S/C33H39F2N7O3.ClH/c1-22(2)13-15-44-30-11-5-3-8-27(30)28-9-4-6-12-31(28)45-21-26-20-42(41-40-26)29(10-7-14-38-33(36)37)32(43)39-19-23-16-24(34)18-25(35)17-23;/h3-6,8-9,11-12,16-18,20,22,29H,7,10,13-15,19,21H2,1-2H3,(H,39,43)(H4,36,37,38);1H/t29-;/m1./s1. The number of aliphatic imine (C=N–C) groups is 1. The third-order valence-electron chi connectivity index (χ3n) is 6.89. The van der Waals surface area contributed by atoms with E-state index in [9.17, 15) is 13.6 Å². The van der Waals surface area contributed by atoms with Crippen molar-refractivity contribution >= 4 is 24.3 Å². The Labute approximate surface area is 273 Å². The summed E-state index contributed by atoms with van der Waals surface area (Å²) in [5.74, 6) is 0.0467. The maximum absolute atomic E-state index is 13.6. The van der Waals surface area contributed by atoms with Gasteiger partial charge in [0.15, 0.2) is 5.96 Å². The van der Waals surface area contributed by atoms with Crippen LogP contribution in [-0.2, 0) is 17.9 Å². The molecule has 5 N–H and O–H groups in total. The molecule has 0 bridgehead atoms. The smallest absolute Gasteiger partial charge is 0.245 e. The summed E-state index contributed by atoms with van der Waals surface area (Å²) in [6.07, 6.45) is 3.39. The Morgan fingerprint density at radius 2 is 1.59 bits per heavy atom. The molecule has 0 unspecified atom stereocenters. The number of hydrogen-bond acceptors (Lipinski definition) is 6. The number of ether oxygens (including phenoxy) is 2. The van der Waals surface area contributed by atoms with E-state index < -0.39 is 23.6 Å². The molecule has 3 aromatic carbocycles. The Morgan fingerprint density at radius 3 is 2.22 bits per heavy atom. The Morgan fingerprint density at radius 1 is 0.957 bits per heavy atom. The number of benzene rings is 3. The molecule has 10 nitrogen and oxygen atoms in total. The zero-order chi connectivity index (χ0) is 32.2. The van der Waals surface area contributed by atoms with E-state index in [1.165, 1.54) is 4.68 Å². The van der Waals surface area contributed by atoms with E-state index in [-0.39, 0.29) is 31.5 Å². The first-order chi connectivity index (χ1) is 21.7. The van der Waals surface area contributed by atoms with Crippen molar-refractivity contribution in [3.8, 4) is 22.6 Å². The second-order valence-electron chi connectivity index (χ2n) is 11.0. The van der Waals surface area contributed by atoms with Crippen molar-refractivity contribution in [2.75, 3.05) is 13.2 Å². The van der Waals surface area contributed by atoms with Crippen LogP contribution in [0.3, 0.4) is 0 Å². The highest BCUT2D eigenvalue weighted by molar-refractivity contribution is 5.85. The van der Waals surface area contributed by atoms with Crippen LogP contribution in [0, 0.1) is 17.6 Å². The molecule has 1 amide bonds. The molecule has 246 valence electrons. The second-order valence-corrected chi connectivity index (χ2v) is 11.0. The van der Waals surface area contributed by atoms with E-state index in [0.717, 1.165) is 41.5 Å². The van der Waals surface area contributed by atoms with E-state index in [4.69, 9.17) is 20.9 Å². The number of nitrogens with zero attached hydrogens (tertiary/aromatic N) is 4.